The highest BCUT2D eigenvalue weighted by molar-refractivity contribution is 7.92. The minimum Gasteiger partial charge on any atom is -0.490 e. The van der Waals surface area contributed by atoms with Gasteiger partial charge in [-0.1, -0.05) is 74.5 Å². The van der Waals surface area contributed by atoms with Gasteiger partial charge in [0.15, 0.2) is 11.5 Å². The van der Waals surface area contributed by atoms with E-state index in [1.807, 2.05) is 49.4 Å². The normalized spacial score (nSPS) is 11.4. The Morgan fingerprint density at radius 2 is 1.55 bits per heavy atom. The number of carbonyl (C=O) groups excluding carboxylic acids is 1. The van der Waals surface area contributed by atoms with Crippen LogP contribution in [0.1, 0.15) is 43.4 Å². The van der Waals surface area contributed by atoms with Gasteiger partial charge in [-0.05, 0) is 72.0 Å². The molecule has 9 heteroatoms. The third-order valence-corrected chi connectivity index (χ3v) is 8.16. The Balaban J connectivity index is 1.47. The standard InChI is InChI=1S/C33H35N3O5S/c1-4-40-32-21-27(15-20-31(32)41-24-26-11-7-5-8-12-26)22-34-35-33(37)23-36(29-18-16-28(17-19-29)25(2)3)42(38,39)30-13-9-6-10-14-30/h5-22,25H,4,23-24H2,1-3H3,(H,35,37). The average Bonchev–Trinajstić information content (AvgIpc) is 3.00. The zero-order valence-corrected chi connectivity index (χ0v) is 24.8. The second-order valence-electron chi connectivity index (χ2n) is 9.78. The Bertz CT molecular complexity index is 1590. The Morgan fingerprint density at radius 3 is 2.19 bits per heavy atom. The maximum absolute atomic E-state index is 13.5. The van der Waals surface area contributed by atoms with E-state index >= 15 is 0 Å². The van der Waals surface area contributed by atoms with Crippen LogP contribution in [0.15, 0.2) is 113 Å². The van der Waals surface area contributed by atoms with Crippen LogP contribution in [0.2, 0.25) is 0 Å². The number of benzene rings is 4. The van der Waals surface area contributed by atoms with Crippen molar-refractivity contribution in [1.29, 1.82) is 0 Å². The van der Waals surface area contributed by atoms with E-state index in [9.17, 15) is 13.2 Å². The van der Waals surface area contributed by atoms with Crippen LogP contribution in [0.4, 0.5) is 5.69 Å². The van der Waals surface area contributed by atoms with Crippen LogP contribution in [-0.4, -0.2) is 33.7 Å². The van der Waals surface area contributed by atoms with Crippen molar-refractivity contribution in [2.75, 3.05) is 17.5 Å². The molecule has 4 aromatic carbocycles. The second-order valence-corrected chi connectivity index (χ2v) is 11.6. The molecule has 0 bridgehead atoms. The number of carbonyl (C=O) groups is 1. The zero-order chi connectivity index (χ0) is 30.0. The molecule has 4 aromatic rings. The van der Waals surface area contributed by atoms with Gasteiger partial charge in [0.25, 0.3) is 15.9 Å². The first kappa shape index (κ1) is 30.3. The molecule has 0 spiro atoms. The van der Waals surface area contributed by atoms with E-state index in [0.717, 1.165) is 15.4 Å². The molecule has 42 heavy (non-hydrogen) atoms. The summed E-state index contributed by atoms with van der Waals surface area (Å²) in [6.45, 7) is 6.39. The third-order valence-electron chi connectivity index (χ3n) is 6.37. The van der Waals surface area contributed by atoms with Gasteiger partial charge in [0, 0.05) is 0 Å². The van der Waals surface area contributed by atoms with Gasteiger partial charge in [0.2, 0.25) is 0 Å². The van der Waals surface area contributed by atoms with E-state index in [1.54, 1.807) is 48.5 Å². The van der Waals surface area contributed by atoms with Crippen LogP contribution < -0.4 is 19.2 Å². The summed E-state index contributed by atoms with van der Waals surface area (Å²) in [5.41, 5.74) is 5.60. The van der Waals surface area contributed by atoms with E-state index in [2.05, 4.69) is 24.4 Å². The number of sulfonamides is 1. The molecule has 4 rings (SSSR count). The second kappa shape index (κ2) is 14.3. The van der Waals surface area contributed by atoms with Gasteiger partial charge >= 0.3 is 0 Å². The molecule has 218 valence electrons. The largest absolute Gasteiger partial charge is 0.490 e. The molecule has 0 atom stereocenters. The molecular weight excluding hydrogens is 550 g/mol. The van der Waals surface area contributed by atoms with Crippen molar-refractivity contribution in [3.63, 3.8) is 0 Å². The summed E-state index contributed by atoms with van der Waals surface area (Å²) >= 11 is 0. The number of hydrogen-bond acceptors (Lipinski definition) is 6. The van der Waals surface area contributed by atoms with E-state index < -0.39 is 22.5 Å². The van der Waals surface area contributed by atoms with Crippen LogP contribution in [-0.2, 0) is 21.4 Å². The lowest BCUT2D eigenvalue weighted by Crippen LogP contribution is -2.39. The summed E-state index contributed by atoms with van der Waals surface area (Å²) in [7, 11) is -4.01. The van der Waals surface area contributed by atoms with Crippen molar-refractivity contribution in [3.8, 4) is 11.5 Å². The van der Waals surface area contributed by atoms with Crippen LogP contribution in [0.25, 0.3) is 0 Å². The number of amides is 1. The summed E-state index contributed by atoms with van der Waals surface area (Å²) in [5, 5.41) is 4.06. The third kappa shape index (κ3) is 7.98. The summed E-state index contributed by atoms with van der Waals surface area (Å²) in [6.07, 6.45) is 1.47. The summed E-state index contributed by atoms with van der Waals surface area (Å²) < 4.78 is 39.9. The molecule has 1 amide bonds. The minimum absolute atomic E-state index is 0.0901. The minimum atomic E-state index is -4.01. The summed E-state index contributed by atoms with van der Waals surface area (Å²) in [5.74, 6) is 0.830. The molecule has 0 aliphatic heterocycles. The number of ether oxygens (including phenoxy) is 2. The molecule has 0 saturated carbocycles. The van der Waals surface area contributed by atoms with Gasteiger partial charge in [-0.15, -0.1) is 0 Å². The smallest absolute Gasteiger partial charge is 0.264 e. The highest BCUT2D eigenvalue weighted by atomic mass is 32.2. The molecule has 0 saturated heterocycles. The molecule has 0 aliphatic carbocycles. The maximum atomic E-state index is 13.5. The first-order valence-corrected chi connectivity index (χ1v) is 15.1. The number of anilines is 1. The van der Waals surface area contributed by atoms with E-state index in [0.29, 0.717) is 36.0 Å². The number of hydrogen-bond donors (Lipinski definition) is 1. The predicted molar refractivity (Wildman–Crippen MR) is 166 cm³/mol. The van der Waals surface area contributed by atoms with Crippen molar-refractivity contribution >= 4 is 27.8 Å². The van der Waals surface area contributed by atoms with Gasteiger partial charge in [-0.3, -0.25) is 9.10 Å². The maximum Gasteiger partial charge on any atom is 0.264 e. The number of nitrogens with zero attached hydrogens (tertiary/aromatic N) is 2. The highest BCUT2D eigenvalue weighted by Gasteiger charge is 2.27. The fourth-order valence-electron chi connectivity index (χ4n) is 4.13. The Labute approximate surface area is 247 Å². The summed E-state index contributed by atoms with van der Waals surface area (Å²) in [6, 6.07) is 30.4. The van der Waals surface area contributed by atoms with E-state index in [4.69, 9.17) is 9.47 Å². The molecule has 0 radical (unpaired) electrons. The number of nitrogens with one attached hydrogen (secondary N) is 1. The van der Waals surface area contributed by atoms with E-state index in [-0.39, 0.29) is 10.8 Å². The van der Waals surface area contributed by atoms with Crippen molar-refractivity contribution in [2.45, 2.75) is 38.2 Å². The molecule has 8 nitrogen and oxygen atoms in total. The fourth-order valence-corrected chi connectivity index (χ4v) is 5.57. The average molecular weight is 586 g/mol. The first-order chi connectivity index (χ1) is 20.3. The van der Waals surface area contributed by atoms with Crippen molar-refractivity contribution in [3.05, 3.63) is 120 Å². The van der Waals surface area contributed by atoms with Gasteiger partial charge in [0.1, 0.15) is 13.2 Å². The predicted octanol–water partition coefficient (Wildman–Crippen LogP) is 6.13. The van der Waals surface area contributed by atoms with Crippen LogP contribution in [0.3, 0.4) is 0 Å². The number of hydrazone groups is 1. The highest BCUT2D eigenvalue weighted by Crippen LogP contribution is 2.29. The van der Waals surface area contributed by atoms with Gasteiger partial charge < -0.3 is 9.47 Å². The zero-order valence-electron chi connectivity index (χ0n) is 23.9. The van der Waals surface area contributed by atoms with Gasteiger partial charge in [0.05, 0.1) is 23.4 Å². The quantitative estimate of drug-likeness (QED) is 0.150. The van der Waals surface area contributed by atoms with Crippen LogP contribution in [0.5, 0.6) is 11.5 Å². The van der Waals surface area contributed by atoms with Gasteiger partial charge in [-0.25, -0.2) is 13.8 Å². The molecule has 0 unspecified atom stereocenters. The van der Waals surface area contributed by atoms with Crippen LogP contribution >= 0.6 is 0 Å². The lowest BCUT2D eigenvalue weighted by Gasteiger charge is -2.24. The molecule has 0 heterocycles. The molecular formula is C33H35N3O5S. The van der Waals surface area contributed by atoms with Crippen LogP contribution in [0, 0.1) is 0 Å². The summed E-state index contributed by atoms with van der Waals surface area (Å²) in [4.78, 5) is 13.0. The lowest BCUT2D eigenvalue weighted by molar-refractivity contribution is -0.119. The van der Waals surface area contributed by atoms with Crippen molar-refractivity contribution in [1.82, 2.24) is 5.43 Å². The molecule has 1 N–H and O–H groups in total. The Morgan fingerprint density at radius 1 is 0.881 bits per heavy atom. The van der Waals surface area contributed by atoms with Crippen molar-refractivity contribution in [2.24, 2.45) is 5.10 Å². The van der Waals surface area contributed by atoms with Gasteiger partial charge in [-0.2, -0.15) is 5.10 Å². The SMILES string of the molecule is CCOc1cc(C=NNC(=O)CN(c2ccc(C(C)C)cc2)S(=O)(=O)c2ccccc2)ccc1OCc1ccccc1. The Kier molecular flexibility index (Phi) is 10.3. The van der Waals surface area contributed by atoms with E-state index in [1.165, 1.54) is 18.3 Å². The molecule has 0 aromatic heterocycles. The first-order valence-electron chi connectivity index (χ1n) is 13.7. The lowest BCUT2D eigenvalue weighted by atomic mass is 10.0. The monoisotopic (exact) mass is 585 g/mol. The fraction of sp³-hybridized carbons (Fsp3) is 0.212. The Hall–Kier alpha value is -4.63. The van der Waals surface area contributed by atoms with Crippen molar-refractivity contribution < 1.29 is 22.7 Å². The molecule has 0 fully saturated rings. The molecule has 0 aliphatic rings. The number of rotatable bonds is 13. The topological polar surface area (TPSA) is 97.3 Å².